The topological polar surface area (TPSA) is 26.3 Å². The van der Waals surface area contributed by atoms with Crippen LogP contribution in [-0.4, -0.2) is 11.9 Å². The first-order chi connectivity index (χ1) is 8.44. The molecule has 96 valence electrons. The van der Waals surface area contributed by atoms with Crippen LogP contribution in [0.4, 0.5) is 0 Å². The zero-order valence-electron chi connectivity index (χ0n) is 10.9. The molecule has 0 amide bonds. The lowest BCUT2D eigenvalue weighted by Gasteiger charge is -2.34. The summed E-state index contributed by atoms with van der Waals surface area (Å²) in [6, 6.07) is 4.18. The molecule has 1 aliphatic heterocycles. The van der Waals surface area contributed by atoms with Crippen LogP contribution >= 0.6 is 15.9 Å². The number of rotatable bonds is 1. The fraction of sp³-hybridized carbons (Fsp3) is 0.533. The summed E-state index contributed by atoms with van der Waals surface area (Å²) in [5.74, 6) is 1.16. The molecule has 1 heterocycles. The molecule has 18 heavy (non-hydrogen) atoms. The minimum Gasteiger partial charge on any atom is -0.478 e. The second-order valence-corrected chi connectivity index (χ2v) is 6.74. The van der Waals surface area contributed by atoms with Crippen LogP contribution in [0.2, 0.25) is 0 Å². The summed E-state index contributed by atoms with van der Waals surface area (Å²) in [7, 11) is 0. The fourth-order valence-corrected chi connectivity index (χ4v) is 3.98. The number of benzene rings is 1. The third-order valence-electron chi connectivity index (χ3n) is 4.98. The Balaban J connectivity index is 2.25. The van der Waals surface area contributed by atoms with Gasteiger partial charge in [-0.1, -0.05) is 29.8 Å². The largest absolute Gasteiger partial charge is 0.478 e. The van der Waals surface area contributed by atoms with E-state index in [4.69, 9.17) is 4.74 Å². The third kappa shape index (κ3) is 1.21. The van der Waals surface area contributed by atoms with Crippen LogP contribution in [-0.2, 0) is 10.2 Å². The Kier molecular flexibility index (Phi) is 2.44. The van der Waals surface area contributed by atoms with E-state index in [2.05, 4.69) is 35.8 Å². The highest BCUT2D eigenvalue weighted by Crippen LogP contribution is 2.59. The quantitative estimate of drug-likeness (QED) is 0.738. The number of hydrogen-bond acceptors (Lipinski definition) is 2. The number of hydrogen-bond donors (Lipinski definition) is 0. The summed E-state index contributed by atoms with van der Waals surface area (Å²) in [5, 5.41) is 0. The summed E-state index contributed by atoms with van der Waals surface area (Å²) < 4.78 is 7.22. The molecule has 0 aromatic heterocycles. The van der Waals surface area contributed by atoms with Crippen molar-refractivity contribution in [2.75, 3.05) is 0 Å². The maximum absolute atomic E-state index is 11.7. The van der Waals surface area contributed by atoms with Gasteiger partial charge in [-0.15, -0.1) is 0 Å². The van der Waals surface area contributed by atoms with Gasteiger partial charge in [0.05, 0.1) is 0 Å². The number of aldehydes is 1. The van der Waals surface area contributed by atoms with Gasteiger partial charge in [-0.3, -0.25) is 4.79 Å². The SMILES string of the molecule is Cc1cc2c(cc1Br)[C@]1(C)CC[C@H](C)[C@]1(C=O)O2. The zero-order valence-corrected chi connectivity index (χ0v) is 12.5. The lowest BCUT2D eigenvalue weighted by molar-refractivity contribution is -0.126. The Morgan fingerprint density at radius 2 is 2.22 bits per heavy atom. The van der Waals surface area contributed by atoms with Gasteiger partial charge in [0.2, 0.25) is 0 Å². The molecule has 0 unspecified atom stereocenters. The average molecular weight is 309 g/mol. The van der Waals surface area contributed by atoms with Gasteiger partial charge >= 0.3 is 0 Å². The van der Waals surface area contributed by atoms with Crippen molar-refractivity contribution in [3.63, 3.8) is 0 Å². The first-order valence-electron chi connectivity index (χ1n) is 6.40. The second-order valence-electron chi connectivity index (χ2n) is 5.88. The van der Waals surface area contributed by atoms with E-state index in [1.165, 1.54) is 5.56 Å². The minimum atomic E-state index is -0.664. The Morgan fingerprint density at radius 1 is 1.50 bits per heavy atom. The highest BCUT2D eigenvalue weighted by Gasteiger charge is 2.64. The van der Waals surface area contributed by atoms with Crippen molar-refractivity contribution in [3.8, 4) is 5.75 Å². The van der Waals surface area contributed by atoms with E-state index in [1.54, 1.807) is 0 Å². The first kappa shape index (κ1) is 12.2. The Labute approximate surface area is 116 Å². The van der Waals surface area contributed by atoms with Gasteiger partial charge in [0, 0.05) is 21.4 Å². The highest BCUT2D eigenvalue weighted by atomic mass is 79.9. The molecule has 2 aliphatic rings. The summed E-state index contributed by atoms with van der Waals surface area (Å²) >= 11 is 3.58. The van der Waals surface area contributed by atoms with Crippen LogP contribution in [0.5, 0.6) is 5.75 Å². The van der Waals surface area contributed by atoms with Crippen molar-refractivity contribution in [2.45, 2.75) is 44.6 Å². The van der Waals surface area contributed by atoms with E-state index in [0.717, 1.165) is 34.9 Å². The van der Waals surface area contributed by atoms with E-state index in [1.807, 2.05) is 13.0 Å². The number of carbonyl (C=O) groups excluding carboxylic acids is 1. The molecule has 1 saturated carbocycles. The average Bonchev–Trinajstić information content (AvgIpc) is 2.72. The molecule has 3 atom stereocenters. The van der Waals surface area contributed by atoms with Gasteiger partial charge in [-0.2, -0.15) is 0 Å². The van der Waals surface area contributed by atoms with Crippen LogP contribution in [0.25, 0.3) is 0 Å². The van der Waals surface area contributed by atoms with Crippen LogP contribution in [0, 0.1) is 12.8 Å². The van der Waals surface area contributed by atoms with Crippen LogP contribution in [0.15, 0.2) is 16.6 Å². The standard InChI is InChI=1S/C15H17BrO2/c1-9-6-13-11(7-12(9)16)14(3)5-4-10(2)15(14,8-17)18-13/h6-8,10H,4-5H2,1-3H3/t10-,14-,15-/m0/s1. The molecule has 0 N–H and O–H groups in total. The molecule has 1 aliphatic carbocycles. The van der Waals surface area contributed by atoms with Crippen molar-refractivity contribution in [1.82, 2.24) is 0 Å². The van der Waals surface area contributed by atoms with E-state index >= 15 is 0 Å². The van der Waals surface area contributed by atoms with Crippen molar-refractivity contribution in [3.05, 3.63) is 27.7 Å². The van der Waals surface area contributed by atoms with E-state index < -0.39 is 5.60 Å². The Morgan fingerprint density at radius 3 is 2.89 bits per heavy atom. The number of halogens is 1. The third-order valence-corrected chi connectivity index (χ3v) is 5.84. The number of carbonyl (C=O) groups is 1. The molecule has 1 aromatic carbocycles. The summed E-state index contributed by atoms with van der Waals surface area (Å²) in [6.45, 7) is 6.33. The van der Waals surface area contributed by atoms with Gasteiger partial charge in [0.1, 0.15) is 5.75 Å². The number of aryl methyl sites for hydroxylation is 1. The van der Waals surface area contributed by atoms with Gasteiger partial charge in [0.25, 0.3) is 0 Å². The molecule has 0 spiro atoms. The summed E-state index contributed by atoms with van der Waals surface area (Å²) in [5.41, 5.74) is 1.48. The van der Waals surface area contributed by atoms with Crippen LogP contribution in [0.1, 0.15) is 37.8 Å². The zero-order chi connectivity index (χ0) is 13.1. The van der Waals surface area contributed by atoms with Gasteiger partial charge in [0.15, 0.2) is 11.9 Å². The molecule has 3 rings (SSSR count). The van der Waals surface area contributed by atoms with Gasteiger partial charge < -0.3 is 4.74 Å². The van der Waals surface area contributed by atoms with E-state index in [9.17, 15) is 4.79 Å². The van der Waals surface area contributed by atoms with Crippen molar-refractivity contribution >= 4 is 22.2 Å². The number of ether oxygens (including phenoxy) is 1. The molecule has 2 nitrogen and oxygen atoms in total. The molecule has 1 fully saturated rings. The van der Waals surface area contributed by atoms with Crippen molar-refractivity contribution < 1.29 is 9.53 Å². The molecule has 0 radical (unpaired) electrons. The predicted molar refractivity (Wildman–Crippen MR) is 74.1 cm³/mol. The molecule has 3 heteroatoms. The fourth-order valence-electron chi connectivity index (χ4n) is 3.64. The van der Waals surface area contributed by atoms with Crippen molar-refractivity contribution in [2.24, 2.45) is 5.92 Å². The smallest absolute Gasteiger partial charge is 0.176 e. The Bertz CT molecular complexity index is 540. The van der Waals surface area contributed by atoms with Crippen molar-refractivity contribution in [1.29, 1.82) is 0 Å². The predicted octanol–water partition coefficient (Wildman–Crippen LogP) is 3.78. The highest BCUT2D eigenvalue weighted by molar-refractivity contribution is 9.10. The van der Waals surface area contributed by atoms with Crippen LogP contribution in [0.3, 0.4) is 0 Å². The van der Waals surface area contributed by atoms with Gasteiger partial charge in [-0.25, -0.2) is 0 Å². The monoisotopic (exact) mass is 308 g/mol. The lowest BCUT2D eigenvalue weighted by atomic mass is 9.71. The normalized spacial score (nSPS) is 37.0. The molecule has 0 saturated heterocycles. The summed E-state index contributed by atoms with van der Waals surface area (Å²) in [4.78, 5) is 11.7. The van der Waals surface area contributed by atoms with E-state index in [0.29, 0.717) is 0 Å². The molecule has 1 aromatic rings. The maximum Gasteiger partial charge on any atom is 0.176 e. The van der Waals surface area contributed by atoms with E-state index in [-0.39, 0.29) is 11.3 Å². The molecular weight excluding hydrogens is 292 g/mol. The van der Waals surface area contributed by atoms with Crippen LogP contribution < -0.4 is 4.74 Å². The van der Waals surface area contributed by atoms with Gasteiger partial charge in [-0.05, 0) is 37.5 Å². The second kappa shape index (κ2) is 3.60. The number of fused-ring (bicyclic) bond motifs is 3. The Hall–Kier alpha value is -0.830. The lowest BCUT2D eigenvalue weighted by Crippen LogP contribution is -2.50. The molecular formula is C15H17BrO2. The maximum atomic E-state index is 11.7. The molecule has 0 bridgehead atoms. The summed E-state index contributed by atoms with van der Waals surface area (Å²) in [6.07, 6.45) is 3.09. The first-order valence-corrected chi connectivity index (χ1v) is 7.20. The minimum absolute atomic E-state index is 0.181.